The molecule has 0 atom stereocenters. The summed E-state index contributed by atoms with van der Waals surface area (Å²) >= 11 is 0. The standard InChI is InChI=1S/C24H26NO/c1-17-15-20(24(2,3)4)12-13-21(17)22-14-11-19(16-25(22)5)23(26)18-9-7-6-8-10-18/h6-16H,1-5H3/q+1. The van der Waals surface area contributed by atoms with Crippen molar-refractivity contribution in [2.75, 3.05) is 0 Å². The fourth-order valence-corrected chi connectivity index (χ4v) is 3.20. The lowest BCUT2D eigenvalue weighted by Crippen LogP contribution is -2.32. The van der Waals surface area contributed by atoms with E-state index in [0.29, 0.717) is 11.1 Å². The molecular weight excluding hydrogens is 318 g/mol. The van der Waals surface area contributed by atoms with E-state index in [1.165, 1.54) is 16.7 Å². The van der Waals surface area contributed by atoms with Crippen LogP contribution >= 0.6 is 0 Å². The topological polar surface area (TPSA) is 20.9 Å². The van der Waals surface area contributed by atoms with Crippen molar-refractivity contribution in [1.29, 1.82) is 0 Å². The lowest BCUT2D eigenvalue weighted by Gasteiger charge is -2.20. The van der Waals surface area contributed by atoms with Crippen molar-refractivity contribution < 1.29 is 9.36 Å². The highest BCUT2D eigenvalue weighted by molar-refractivity contribution is 6.08. The molecule has 0 amide bonds. The Kier molecular flexibility index (Phi) is 4.78. The van der Waals surface area contributed by atoms with Crippen LogP contribution in [0.25, 0.3) is 11.3 Å². The predicted octanol–water partition coefficient (Wildman–Crippen LogP) is 5.02. The Balaban J connectivity index is 1.97. The Morgan fingerprint density at radius 3 is 2.15 bits per heavy atom. The average molecular weight is 344 g/mol. The van der Waals surface area contributed by atoms with Crippen LogP contribution in [0.15, 0.2) is 66.9 Å². The lowest BCUT2D eigenvalue weighted by atomic mass is 9.85. The predicted molar refractivity (Wildman–Crippen MR) is 106 cm³/mol. The third-order valence-corrected chi connectivity index (χ3v) is 4.80. The fraction of sp³-hybridized carbons (Fsp3) is 0.250. The summed E-state index contributed by atoms with van der Waals surface area (Å²) < 4.78 is 2.04. The molecule has 0 aliphatic rings. The Morgan fingerprint density at radius 1 is 0.885 bits per heavy atom. The van der Waals surface area contributed by atoms with Crippen molar-refractivity contribution in [2.45, 2.75) is 33.1 Å². The summed E-state index contributed by atoms with van der Waals surface area (Å²) in [4.78, 5) is 12.7. The second-order valence-electron chi connectivity index (χ2n) is 7.89. The van der Waals surface area contributed by atoms with E-state index in [1.807, 2.05) is 60.3 Å². The van der Waals surface area contributed by atoms with Crippen molar-refractivity contribution in [2.24, 2.45) is 7.05 Å². The number of carbonyl (C=O) groups excluding carboxylic acids is 1. The van der Waals surface area contributed by atoms with Gasteiger partial charge >= 0.3 is 0 Å². The maximum absolute atomic E-state index is 12.7. The van der Waals surface area contributed by atoms with E-state index in [0.717, 1.165) is 5.69 Å². The highest BCUT2D eigenvalue weighted by Crippen LogP contribution is 2.28. The maximum Gasteiger partial charge on any atom is 0.212 e. The van der Waals surface area contributed by atoms with Crippen LogP contribution in [-0.2, 0) is 12.5 Å². The van der Waals surface area contributed by atoms with E-state index in [2.05, 4.69) is 45.9 Å². The first-order valence-electron chi connectivity index (χ1n) is 8.98. The zero-order valence-corrected chi connectivity index (χ0v) is 16.2. The number of aryl methyl sites for hydroxylation is 2. The van der Waals surface area contributed by atoms with Crippen LogP contribution in [0.4, 0.5) is 0 Å². The normalized spacial score (nSPS) is 11.4. The van der Waals surface area contributed by atoms with Crippen molar-refractivity contribution in [3.8, 4) is 11.3 Å². The second kappa shape index (κ2) is 6.87. The zero-order chi connectivity index (χ0) is 18.9. The van der Waals surface area contributed by atoms with Gasteiger partial charge in [-0.1, -0.05) is 63.2 Å². The molecule has 0 radical (unpaired) electrons. The van der Waals surface area contributed by atoms with Gasteiger partial charge in [-0.2, -0.15) is 0 Å². The first-order chi connectivity index (χ1) is 12.3. The summed E-state index contributed by atoms with van der Waals surface area (Å²) in [6.45, 7) is 8.83. The Bertz CT molecular complexity index is 950. The molecule has 2 aromatic carbocycles. The van der Waals surface area contributed by atoms with Crippen LogP contribution in [0.1, 0.15) is 47.8 Å². The van der Waals surface area contributed by atoms with Gasteiger partial charge in [-0.25, -0.2) is 4.57 Å². The van der Waals surface area contributed by atoms with Crippen LogP contribution in [0, 0.1) is 6.92 Å². The summed E-state index contributed by atoms with van der Waals surface area (Å²) in [7, 11) is 1.99. The van der Waals surface area contributed by atoms with Crippen LogP contribution in [0.5, 0.6) is 0 Å². The van der Waals surface area contributed by atoms with E-state index >= 15 is 0 Å². The van der Waals surface area contributed by atoms with Gasteiger partial charge in [0.15, 0.2) is 12.0 Å². The molecule has 0 bridgehead atoms. The first-order valence-corrected chi connectivity index (χ1v) is 8.98. The Morgan fingerprint density at radius 2 is 1.58 bits per heavy atom. The van der Waals surface area contributed by atoms with E-state index < -0.39 is 0 Å². The largest absolute Gasteiger partial charge is 0.288 e. The fourth-order valence-electron chi connectivity index (χ4n) is 3.20. The quantitative estimate of drug-likeness (QED) is 0.483. The number of rotatable bonds is 3. The number of hydrogen-bond donors (Lipinski definition) is 0. The van der Waals surface area contributed by atoms with Crippen molar-refractivity contribution in [1.82, 2.24) is 0 Å². The van der Waals surface area contributed by atoms with Gasteiger partial charge in [0.05, 0.1) is 5.56 Å². The van der Waals surface area contributed by atoms with E-state index in [1.54, 1.807) is 0 Å². The van der Waals surface area contributed by atoms with Crippen molar-refractivity contribution in [3.05, 3.63) is 89.1 Å². The minimum atomic E-state index is 0.0487. The number of nitrogens with zero attached hydrogens (tertiary/aromatic N) is 1. The molecule has 3 rings (SSSR count). The summed E-state index contributed by atoms with van der Waals surface area (Å²) in [6, 6.07) is 20.0. The van der Waals surface area contributed by atoms with Gasteiger partial charge in [0.25, 0.3) is 0 Å². The first kappa shape index (κ1) is 18.1. The molecule has 2 nitrogen and oxygen atoms in total. The molecular formula is C24H26NO+. The molecule has 0 aliphatic heterocycles. The van der Waals surface area contributed by atoms with Gasteiger partial charge in [0, 0.05) is 17.2 Å². The molecule has 0 saturated heterocycles. The van der Waals surface area contributed by atoms with Gasteiger partial charge in [-0.05, 0) is 35.6 Å². The van der Waals surface area contributed by atoms with Gasteiger partial charge in [-0.15, -0.1) is 0 Å². The number of carbonyl (C=O) groups is 1. The molecule has 0 aliphatic carbocycles. The number of aromatic nitrogens is 1. The summed E-state index contributed by atoms with van der Waals surface area (Å²) in [6.07, 6.45) is 1.92. The van der Waals surface area contributed by atoms with Gasteiger partial charge in [0.2, 0.25) is 5.69 Å². The average Bonchev–Trinajstić information content (AvgIpc) is 2.61. The number of pyridine rings is 1. The van der Waals surface area contributed by atoms with E-state index in [9.17, 15) is 4.79 Å². The highest BCUT2D eigenvalue weighted by atomic mass is 16.1. The minimum absolute atomic E-state index is 0.0487. The number of ketones is 1. The van der Waals surface area contributed by atoms with Crippen LogP contribution in [0.3, 0.4) is 0 Å². The molecule has 2 heteroatoms. The molecule has 0 fully saturated rings. The molecule has 132 valence electrons. The molecule has 1 heterocycles. The third-order valence-electron chi connectivity index (χ3n) is 4.80. The molecule has 0 unspecified atom stereocenters. The van der Waals surface area contributed by atoms with Gasteiger partial charge in [-0.3, -0.25) is 4.79 Å². The Hall–Kier alpha value is -2.74. The monoisotopic (exact) mass is 344 g/mol. The molecule has 26 heavy (non-hydrogen) atoms. The summed E-state index contributed by atoms with van der Waals surface area (Å²) in [5.74, 6) is 0.0487. The summed E-state index contributed by atoms with van der Waals surface area (Å²) in [5, 5.41) is 0. The lowest BCUT2D eigenvalue weighted by molar-refractivity contribution is -0.660. The van der Waals surface area contributed by atoms with E-state index in [-0.39, 0.29) is 11.2 Å². The van der Waals surface area contributed by atoms with Crippen LogP contribution in [-0.4, -0.2) is 5.78 Å². The van der Waals surface area contributed by atoms with Crippen molar-refractivity contribution >= 4 is 5.78 Å². The third kappa shape index (κ3) is 3.60. The van der Waals surface area contributed by atoms with Gasteiger partial charge in [0.1, 0.15) is 7.05 Å². The molecule has 0 N–H and O–H groups in total. The molecule has 3 aromatic rings. The molecule has 1 aromatic heterocycles. The van der Waals surface area contributed by atoms with Crippen LogP contribution < -0.4 is 4.57 Å². The Labute approximate surface area is 156 Å². The second-order valence-corrected chi connectivity index (χ2v) is 7.89. The SMILES string of the molecule is Cc1cc(C(C)(C)C)ccc1-c1ccc(C(=O)c2ccccc2)c[n+]1C. The molecule has 0 spiro atoms. The van der Waals surface area contributed by atoms with E-state index in [4.69, 9.17) is 0 Å². The number of hydrogen-bond acceptors (Lipinski definition) is 1. The zero-order valence-electron chi connectivity index (χ0n) is 16.2. The number of benzene rings is 2. The minimum Gasteiger partial charge on any atom is -0.288 e. The summed E-state index contributed by atoms with van der Waals surface area (Å²) in [5.41, 5.74) is 6.42. The highest BCUT2D eigenvalue weighted by Gasteiger charge is 2.19. The van der Waals surface area contributed by atoms with Gasteiger partial charge < -0.3 is 0 Å². The molecule has 0 saturated carbocycles. The van der Waals surface area contributed by atoms with Crippen LogP contribution in [0.2, 0.25) is 0 Å². The smallest absolute Gasteiger partial charge is 0.212 e. The maximum atomic E-state index is 12.7. The van der Waals surface area contributed by atoms with Crippen molar-refractivity contribution in [3.63, 3.8) is 0 Å².